The minimum atomic E-state index is -0.531. The molecule has 0 spiro atoms. The second kappa shape index (κ2) is 11.4. The largest absolute Gasteiger partial charge is 0.508 e. The van der Waals surface area contributed by atoms with Gasteiger partial charge in [-0.25, -0.2) is 14.5 Å². The van der Waals surface area contributed by atoms with E-state index in [-0.39, 0.29) is 31.2 Å². The Morgan fingerprint density at radius 2 is 1.62 bits per heavy atom. The molecule has 6 rings (SSSR count). The van der Waals surface area contributed by atoms with Gasteiger partial charge in [0.05, 0.1) is 25.1 Å². The SMILES string of the molecule is CCOC(=O)Cn1cnc2c(-n3nc(C(=O)OCC)c4ccccc43)nc(N3CCN(c4ccc(O)cc4)CC3)nc21. The first kappa shape index (κ1) is 27.0. The molecule has 0 saturated carbocycles. The summed E-state index contributed by atoms with van der Waals surface area (Å²) in [7, 11) is 0. The van der Waals surface area contributed by atoms with Crippen molar-refractivity contribution in [1.29, 1.82) is 0 Å². The van der Waals surface area contributed by atoms with Crippen LogP contribution in [0.15, 0.2) is 54.9 Å². The first-order chi connectivity index (χ1) is 20.5. The highest BCUT2D eigenvalue weighted by Crippen LogP contribution is 2.28. The third-order valence-electron chi connectivity index (χ3n) is 7.07. The first-order valence-corrected chi connectivity index (χ1v) is 13.8. The Bertz CT molecular complexity index is 1760. The number of carbonyl (C=O) groups is 2. The molecule has 1 N–H and O–H groups in total. The highest BCUT2D eigenvalue weighted by molar-refractivity contribution is 6.03. The number of hydrogen-bond acceptors (Lipinski definition) is 11. The van der Waals surface area contributed by atoms with E-state index in [1.54, 1.807) is 35.2 Å². The number of benzene rings is 2. The van der Waals surface area contributed by atoms with Crippen LogP contribution in [0.2, 0.25) is 0 Å². The number of anilines is 2. The van der Waals surface area contributed by atoms with Crippen LogP contribution >= 0.6 is 0 Å². The van der Waals surface area contributed by atoms with Gasteiger partial charge in [0.2, 0.25) is 5.95 Å². The predicted molar refractivity (Wildman–Crippen MR) is 155 cm³/mol. The Hall–Kier alpha value is -5.20. The molecule has 0 amide bonds. The average Bonchev–Trinajstić information content (AvgIpc) is 3.59. The van der Waals surface area contributed by atoms with E-state index in [1.165, 1.54) is 6.33 Å². The molecule has 1 aliphatic rings. The number of nitrogens with zero attached hydrogens (tertiary/aromatic N) is 8. The summed E-state index contributed by atoms with van der Waals surface area (Å²) in [5.41, 5.74) is 2.72. The molecule has 0 unspecified atom stereocenters. The lowest BCUT2D eigenvalue weighted by atomic mass is 10.2. The van der Waals surface area contributed by atoms with Crippen molar-refractivity contribution in [2.24, 2.45) is 0 Å². The lowest BCUT2D eigenvalue weighted by Gasteiger charge is -2.36. The summed E-state index contributed by atoms with van der Waals surface area (Å²) >= 11 is 0. The van der Waals surface area contributed by atoms with Crippen molar-refractivity contribution >= 4 is 45.6 Å². The molecule has 1 saturated heterocycles. The Balaban J connectivity index is 1.43. The quantitative estimate of drug-likeness (QED) is 0.275. The molecule has 1 aliphatic heterocycles. The van der Waals surface area contributed by atoms with Gasteiger partial charge in [0.15, 0.2) is 22.7 Å². The van der Waals surface area contributed by atoms with Gasteiger partial charge in [0, 0.05) is 37.3 Å². The number of esters is 2. The number of ether oxygens (including phenoxy) is 2. The number of imidazole rings is 1. The number of carbonyl (C=O) groups excluding carboxylic acids is 2. The molecule has 13 nitrogen and oxygen atoms in total. The minimum absolute atomic E-state index is 0.0667. The number of phenolic OH excluding ortho intramolecular Hbond substituents is 1. The fourth-order valence-corrected chi connectivity index (χ4v) is 5.07. The van der Waals surface area contributed by atoms with Crippen LogP contribution in [0.1, 0.15) is 24.3 Å². The highest BCUT2D eigenvalue weighted by atomic mass is 16.5. The van der Waals surface area contributed by atoms with Crippen molar-refractivity contribution in [2.75, 3.05) is 49.2 Å². The number of aromatic nitrogens is 6. The van der Waals surface area contributed by atoms with E-state index < -0.39 is 11.9 Å². The summed E-state index contributed by atoms with van der Waals surface area (Å²) in [4.78, 5) is 43.8. The Kier molecular flexibility index (Phi) is 7.30. The molecule has 2 aromatic carbocycles. The molecule has 3 aromatic heterocycles. The second-order valence-corrected chi connectivity index (χ2v) is 9.69. The topological polar surface area (TPSA) is 141 Å². The van der Waals surface area contributed by atoms with Crippen LogP contribution in [-0.2, 0) is 20.8 Å². The van der Waals surface area contributed by atoms with Crippen molar-refractivity contribution in [2.45, 2.75) is 20.4 Å². The van der Waals surface area contributed by atoms with Gasteiger partial charge in [-0.1, -0.05) is 18.2 Å². The highest BCUT2D eigenvalue weighted by Gasteiger charge is 2.26. The van der Waals surface area contributed by atoms with Gasteiger partial charge < -0.3 is 28.9 Å². The molecule has 0 bridgehead atoms. The van der Waals surface area contributed by atoms with E-state index >= 15 is 0 Å². The summed E-state index contributed by atoms with van der Waals surface area (Å²) in [6, 6.07) is 14.5. The van der Waals surface area contributed by atoms with E-state index in [0.29, 0.717) is 60.0 Å². The zero-order valence-corrected chi connectivity index (χ0v) is 23.3. The molecule has 216 valence electrons. The van der Waals surface area contributed by atoms with Gasteiger partial charge in [-0.05, 0) is 44.2 Å². The predicted octanol–water partition coefficient (Wildman–Crippen LogP) is 2.94. The Morgan fingerprint density at radius 1 is 0.905 bits per heavy atom. The molecule has 1 fully saturated rings. The summed E-state index contributed by atoms with van der Waals surface area (Å²) in [5.74, 6) is 0.116. The van der Waals surface area contributed by atoms with Gasteiger partial charge in [0.25, 0.3) is 0 Å². The van der Waals surface area contributed by atoms with E-state index in [1.807, 2.05) is 36.4 Å². The smallest absolute Gasteiger partial charge is 0.359 e. The van der Waals surface area contributed by atoms with Gasteiger partial charge >= 0.3 is 11.9 Å². The summed E-state index contributed by atoms with van der Waals surface area (Å²) in [5, 5.41) is 14.9. The Morgan fingerprint density at radius 3 is 2.36 bits per heavy atom. The van der Waals surface area contributed by atoms with Crippen LogP contribution in [0.3, 0.4) is 0 Å². The zero-order chi connectivity index (χ0) is 29.2. The fourth-order valence-electron chi connectivity index (χ4n) is 5.07. The van der Waals surface area contributed by atoms with E-state index in [2.05, 4.69) is 19.9 Å². The summed E-state index contributed by atoms with van der Waals surface area (Å²) < 4.78 is 13.7. The zero-order valence-electron chi connectivity index (χ0n) is 23.3. The van der Waals surface area contributed by atoms with Crippen molar-refractivity contribution in [3.8, 4) is 11.6 Å². The van der Waals surface area contributed by atoms with Gasteiger partial charge in [-0.15, -0.1) is 0 Å². The van der Waals surface area contributed by atoms with Crippen molar-refractivity contribution in [3.05, 3.63) is 60.6 Å². The van der Waals surface area contributed by atoms with Crippen molar-refractivity contribution in [3.63, 3.8) is 0 Å². The number of piperazine rings is 1. The fraction of sp³-hybridized carbons (Fsp3) is 0.310. The molecule has 4 heterocycles. The van der Waals surface area contributed by atoms with Gasteiger partial charge in [-0.3, -0.25) is 4.79 Å². The number of fused-ring (bicyclic) bond motifs is 2. The van der Waals surface area contributed by atoms with Crippen molar-refractivity contribution < 1.29 is 24.2 Å². The number of para-hydroxylation sites is 1. The number of rotatable bonds is 8. The van der Waals surface area contributed by atoms with E-state index in [0.717, 1.165) is 5.69 Å². The molecule has 13 heteroatoms. The molecule has 0 atom stereocenters. The molecular weight excluding hydrogens is 540 g/mol. The van der Waals surface area contributed by atoms with E-state index in [4.69, 9.17) is 19.4 Å². The molecule has 0 aliphatic carbocycles. The van der Waals surface area contributed by atoms with Crippen LogP contribution in [0, 0.1) is 0 Å². The third kappa shape index (κ3) is 5.04. The monoisotopic (exact) mass is 570 g/mol. The number of phenols is 1. The number of aromatic hydroxyl groups is 1. The molecular formula is C29H30N8O5. The standard InChI is InChI=1S/C29H30N8O5/c1-3-41-23(39)17-36-18-30-25-26(36)31-29(35-15-13-34(14-16-35)19-9-11-20(38)12-10-19)32-27(25)37-22-8-6-5-7-21(22)24(33-37)28(40)42-4-2/h5-12,18,38H,3-4,13-17H2,1-2H3. The third-order valence-corrected chi connectivity index (χ3v) is 7.07. The summed E-state index contributed by atoms with van der Waals surface area (Å²) in [6.45, 7) is 6.59. The van der Waals surface area contributed by atoms with Crippen LogP contribution in [-0.4, -0.2) is 85.7 Å². The lowest BCUT2D eigenvalue weighted by Crippen LogP contribution is -2.47. The number of hydrogen-bond donors (Lipinski definition) is 1. The van der Waals surface area contributed by atoms with Crippen LogP contribution in [0.5, 0.6) is 5.75 Å². The second-order valence-electron chi connectivity index (χ2n) is 9.69. The maximum atomic E-state index is 12.8. The normalized spacial score (nSPS) is 13.6. The van der Waals surface area contributed by atoms with Crippen molar-refractivity contribution in [1.82, 2.24) is 29.3 Å². The Labute approximate surface area is 240 Å². The van der Waals surface area contributed by atoms with E-state index in [9.17, 15) is 14.7 Å². The molecule has 5 aromatic rings. The summed E-state index contributed by atoms with van der Waals surface area (Å²) in [6.07, 6.45) is 1.53. The van der Waals surface area contributed by atoms with Gasteiger partial charge in [0.1, 0.15) is 12.3 Å². The molecule has 42 heavy (non-hydrogen) atoms. The van der Waals surface area contributed by atoms with Crippen LogP contribution < -0.4 is 9.80 Å². The lowest BCUT2D eigenvalue weighted by molar-refractivity contribution is -0.143. The molecule has 0 radical (unpaired) electrons. The van der Waals surface area contributed by atoms with Gasteiger partial charge in [-0.2, -0.15) is 15.1 Å². The van der Waals surface area contributed by atoms with Crippen LogP contribution in [0.4, 0.5) is 11.6 Å². The minimum Gasteiger partial charge on any atom is -0.508 e. The maximum Gasteiger partial charge on any atom is 0.359 e. The average molecular weight is 571 g/mol. The maximum absolute atomic E-state index is 12.8. The first-order valence-electron chi connectivity index (χ1n) is 13.8. The van der Waals surface area contributed by atoms with Crippen LogP contribution in [0.25, 0.3) is 27.9 Å².